The molecular weight excluding hydrogens is 304 g/mol. The summed E-state index contributed by atoms with van der Waals surface area (Å²) in [5.74, 6) is -0.124. The highest BCUT2D eigenvalue weighted by molar-refractivity contribution is 7.80. The number of carbonyl (C=O) groups is 1. The van der Waals surface area contributed by atoms with Gasteiger partial charge in [0.15, 0.2) is 5.11 Å². The quantitative estimate of drug-likeness (QED) is 0.673. The van der Waals surface area contributed by atoms with Crippen LogP contribution in [0.4, 0.5) is 5.69 Å². The van der Waals surface area contributed by atoms with Gasteiger partial charge in [-0.3, -0.25) is 9.69 Å². The molecule has 0 aromatic heterocycles. The van der Waals surface area contributed by atoms with E-state index in [0.717, 1.165) is 22.4 Å². The van der Waals surface area contributed by atoms with E-state index in [2.05, 4.69) is 11.4 Å². The minimum atomic E-state index is -0.124. The zero-order valence-electron chi connectivity index (χ0n) is 13.4. The zero-order valence-corrected chi connectivity index (χ0v) is 14.2. The Morgan fingerprint density at radius 3 is 2.17 bits per heavy atom. The van der Waals surface area contributed by atoms with Crippen LogP contribution in [-0.2, 0) is 4.79 Å². The highest BCUT2D eigenvalue weighted by Crippen LogP contribution is 2.24. The summed E-state index contributed by atoms with van der Waals surface area (Å²) in [5.41, 5.74) is 5.66. The van der Waals surface area contributed by atoms with Crippen molar-refractivity contribution < 1.29 is 4.79 Å². The molecule has 4 heteroatoms. The monoisotopic (exact) mass is 322 g/mol. The molecule has 0 unspecified atom stereocenters. The van der Waals surface area contributed by atoms with E-state index in [1.54, 1.807) is 4.90 Å². The summed E-state index contributed by atoms with van der Waals surface area (Å²) >= 11 is 5.35. The van der Waals surface area contributed by atoms with Crippen LogP contribution in [-0.4, -0.2) is 11.0 Å². The number of nitrogens with zero attached hydrogens (tertiary/aromatic N) is 1. The smallest absolute Gasteiger partial charge is 0.281 e. The number of hydrogen-bond donors (Lipinski definition) is 1. The lowest BCUT2D eigenvalue weighted by molar-refractivity contribution is -0.113. The summed E-state index contributed by atoms with van der Waals surface area (Å²) in [6.07, 6.45) is 1.83. The first-order valence-electron chi connectivity index (χ1n) is 7.46. The average Bonchev–Trinajstić information content (AvgIpc) is 2.75. The predicted octanol–water partition coefficient (Wildman–Crippen LogP) is 3.87. The molecule has 3 nitrogen and oxygen atoms in total. The fourth-order valence-corrected chi connectivity index (χ4v) is 2.98. The standard InChI is InChI=1S/C19H18N2OS/c1-12-4-6-15(7-5-12)11-17-18(22)21(19(23)20-17)16-9-13(2)8-14(3)10-16/h4-11H,1-3H3,(H,20,23)/b17-11-. The second-order valence-corrected chi connectivity index (χ2v) is 6.27. The number of aryl methyl sites for hydroxylation is 3. The van der Waals surface area contributed by atoms with E-state index >= 15 is 0 Å². The minimum Gasteiger partial charge on any atom is -0.327 e. The number of carbonyl (C=O) groups excluding carboxylic acids is 1. The van der Waals surface area contributed by atoms with Crippen LogP contribution in [0.25, 0.3) is 6.08 Å². The molecule has 0 aliphatic carbocycles. The maximum Gasteiger partial charge on any atom is 0.281 e. The second-order valence-electron chi connectivity index (χ2n) is 5.89. The highest BCUT2D eigenvalue weighted by atomic mass is 32.1. The topological polar surface area (TPSA) is 32.3 Å². The lowest BCUT2D eigenvalue weighted by atomic mass is 10.1. The Labute approximate surface area is 141 Å². The molecule has 0 atom stereocenters. The van der Waals surface area contributed by atoms with Crippen molar-refractivity contribution in [2.24, 2.45) is 0 Å². The summed E-state index contributed by atoms with van der Waals surface area (Å²) in [6, 6.07) is 14.0. The maximum absolute atomic E-state index is 12.7. The maximum atomic E-state index is 12.7. The molecule has 3 rings (SSSR count). The highest BCUT2D eigenvalue weighted by Gasteiger charge is 2.32. The molecule has 1 amide bonds. The van der Waals surface area contributed by atoms with E-state index in [4.69, 9.17) is 12.2 Å². The van der Waals surface area contributed by atoms with Crippen molar-refractivity contribution in [1.29, 1.82) is 0 Å². The number of nitrogens with one attached hydrogen (secondary N) is 1. The Kier molecular flexibility index (Phi) is 4.01. The average molecular weight is 322 g/mol. The number of rotatable bonds is 2. The third kappa shape index (κ3) is 3.17. The molecule has 1 heterocycles. The van der Waals surface area contributed by atoms with Gasteiger partial charge >= 0.3 is 0 Å². The molecular formula is C19H18N2OS. The number of anilines is 1. The Morgan fingerprint density at radius 1 is 0.957 bits per heavy atom. The zero-order chi connectivity index (χ0) is 16.6. The fraction of sp³-hybridized carbons (Fsp3) is 0.158. The SMILES string of the molecule is Cc1ccc(/C=C2\NC(=S)N(c3cc(C)cc(C)c3)C2=O)cc1. The molecule has 116 valence electrons. The van der Waals surface area contributed by atoms with Crippen LogP contribution < -0.4 is 10.2 Å². The third-order valence-electron chi connectivity index (χ3n) is 3.73. The molecule has 1 N–H and O–H groups in total. The van der Waals surface area contributed by atoms with E-state index in [1.807, 2.05) is 63.2 Å². The van der Waals surface area contributed by atoms with Crippen LogP contribution in [0.2, 0.25) is 0 Å². The van der Waals surface area contributed by atoms with Crippen LogP contribution >= 0.6 is 12.2 Å². The molecule has 0 bridgehead atoms. The van der Waals surface area contributed by atoms with Gasteiger partial charge in [0.1, 0.15) is 5.70 Å². The van der Waals surface area contributed by atoms with E-state index < -0.39 is 0 Å². The fourth-order valence-electron chi connectivity index (χ4n) is 2.68. The van der Waals surface area contributed by atoms with Crippen LogP contribution in [0.15, 0.2) is 48.2 Å². The summed E-state index contributed by atoms with van der Waals surface area (Å²) in [4.78, 5) is 14.3. The van der Waals surface area contributed by atoms with Gasteiger partial charge in [-0.1, -0.05) is 35.9 Å². The van der Waals surface area contributed by atoms with Crippen molar-refractivity contribution in [3.63, 3.8) is 0 Å². The molecule has 0 spiro atoms. The van der Waals surface area contributed by atoms with E-state index in [-0.39, 0.29) is 5.91 Å². The Balaban J connectivity index is 1.95. The van der Waals surface area contributed by atoms with E-state index in [0.29, 0.717) is 10.8 Å². The van der Waals surface area contributed by atoms with Gasteiger partial charge in [0.2, 0.25) is 0 Å². The van der Waals surface area contributed by atoms with Gasteiger partial charge in [0.05, 0.1) is 5.69 Å². The second kappa shape index (κ2) is 5.97. The van der Waals surface area contributed by atoms with Gasteiger partial charge in [0.25, 0.3) is 5.91 Å². The predicted molar refractivity (Wildman–Crippen MR) is 98.3 cm³/mol. The van der Waals surface area contributed by atoms with Crippen molar-refractivity contribution >= 4 is 35.0 Å². The van der Waals surface area contributed by atoms with Crippen LogP contribution in [0.5, 0.6) is 0 Å². The molecule has 23 heavy (non-hydrogen) atoms. The molecule has 1 aliphatic rings. The first-order chi connectivity index (χ1) is 10.9. The third-order valence-corrected chi connectivity index (χ3v) is 4.02. The van der Waals surface area contributed by atoms with Crippen molar-refractivity contribution in [3.05, 3.63) is 70.4 Å². The minimum absolute atomic E-state index is 0.124. The summed E-state index contributed by atoms with van der Waals surface area (Å²) in [5, 5.41) is 3.44. The molecule has 2 aromatic rings. The number of amides is 1. The Hall–Kier alpha value is -2.46. The molecule has 2 aromatic carbocycles. The van der Waals surface area contributed by atoms with Crippen LogP contribution in [0, 0.1) is 20.8 Å². The van der Waals surface area contributed by atoms with Crippen molar-refractivity contribution in [2.45, 2.75) is 20.8 Å². The lowest BCUT2D eigenvalue weighted by Gasteiger charge is -2.15. The van der Waals surface area contributed by atoms with Crippen LogP contribution in [0.3, 0.4) is 0 Å². The molecule has 0 radical (unpaired) electrons. The van der Waals surface area contributed by atoms with Gasteiger partial charge in [-0.2, -0.15) is 0 Å². The number of benzene rings is 2. The summed E-state index contributed by atoms with van der Waals surface area (Å²) in [7, 11) is 0. The molecule has 1 fully saturated rings. The van der Waals surface area contributed by atoms with Gasteiger partial charge in [-0.05, 0) is 67.9 Å². The normalized spacial score (nSPS) is 16.1. The van der Waals surface area contributed by atoms with Crippen LogP contribution in [0.1, 0.15) is 22.3 Å². The van der Waals surface area contributed by atoms with E-state index in [1.165, 1.54) is 5.56 Å². The van der Waals surface area contributed by atoms with Gasteiger partial charge in [0, 0.05) is 0 Å². The number of hydrogen-bond acceptors (Lipinski definition) is 2. The number of thiocarbonyl (C=S) groups is 1. The summed E-state index contributed by atoms with van der Waals surface area (Å²) < 4.78 is 0. The first kappa shape index (κ1) is 15.4. The van der Waals surface area contributed by atoms with Gasteiger partial charge < -0.3 is 5.32 Å². The van der Waals surface area contributed by atoms with Crippen molar-refractivity contribution in [3.8, 4) is 0 Å². The van der Waals surface area contributed by atoms with Crippen molar-refractivity contribution in [1.82, 2.24) is 5.32 Å². The van der Waals surface area contributed by atoms with Gasteiger partial charge in [-0.15, -0.1) is 0 Å². The molecule has 0 saturated carbocycles. The molecule has 1 aliphatic heterocycles. The Bertz CT molecular complexity index is 802. The molecule has 1 saturated heterocycles. The summed E-state index contributed by atoms with van der Waals surface area (Å²) in [6.45, 7) is 6.06. The van der Waals surface area contributed by atoms with Gasteiger partial charge in [-0.25, -0.2) is 0 Å². The first-order valence-corrected chi connectivity index (χ1v) is 7.87. The largest absolute Gasteiger partial charge is 0.327 e. The van der Waals surface area contributed by atoms with E-state index in [9.17, 15) is 4.79 Å². The Morgan fingerprint density at radius 2 is 1.57 bits per heavy atom. The lowest BCUT2D eigenvalue weighted by Crippen LogP contribution is -2.30. The van der Waals surface area contributed by atoms with Crippen molar-refractivity contribution in [2.75, 3.05) is 4.90 Å².